The number of esters is 2. The van der Waals surface area contributed by atoms with E-state index in [0.29, 0.717) is 4.57 Å². The third kappa shape index (κ3) is 2.95. The summed E-state index contributed by atoms with van der Waals surface area (Å²) in [4.78, 5) is 50.3. The average Bonchev–Trinajstić information content (AvgIpc) is 3.07. The first kappa shape index (κ1) is 22.2. The van der Waals surface area contributed by atoms with Crippen LogP contribution in [0.25, 0.3) is 0 Å². The van der Waals surface area contributed by atoms with Crippen LogP contribution in [-0.2, 0) is 19.1 Å². The first-order valence-corrected chi connectivity index (χ1v) is 9.78. The highest BCUT2D eigenvalue weighted by Gasteiger charge is 2.58. The van der Waals surface area contributed by atoms with Crippen LogP contribution >= 0.6 is 0 Å². The van der Waals surface area contributed by atoms with Crippen LogP contribution in [0.2, 0.25) is 0 Å². The average molecular weight is 454 g/mol. The molecule has 0 aliphatic heterocycles. The Hall–Kier alpha value is -4.01. The molecule has 0 saturated carbocycles. The molecule has 33 heavy (non-hydrogen) atoms. The minimum absolute atomic E-state index is 0.164. The minimum atomic E-state index is -2.25. The molecule has 2 aliphatic carbocycles. The van der Waals surface area contributed by atoms with Crippen LogP contribution in [0.3, 0.4) is 0 Å². The van der Waals surface area contributed by atoms with Crippen molar-refractivity contribution in [3.8, 4) is 11.9 Å². The number of benzene rings is 1. The number of aliphatic hydroxyl groups excluding tert-OH is 1. The third-order valence-corrected chi connectivity index (χ3v) is 5.82. The maximum atomic E-state index is 13.4. The van der Waals surface area contributed by atoms with E-state index in [1.807, 2.05) is 0 Å². The lowest BCUT2D eigenvalue weighted by Crippen LogP contribution is -2.55. The van der Waals surface area contributed by atoms with Crippen molar-refractivity contribution in [2.45, 2.75) is 44.7 Å². The number of phenolic OH excluding ortho intramolecular Hbond substituents is 1. The summed E-state index contributed by atoms with van der Waals surface area (Å²) in [5.41, 5.74) is -4.19. The van der Waals surface area contributed by atoms with Gasteiger partial charge in [-0.15, -0.1) is 0 Å². The quantitative estimate of drug-likeness (QED) is 0.466. The molecule has 3 N–H and O–H groups in total. The highest BCUT2D eigenvalue weighted by atomic mass is 16.6. The van der Waals surface area contributed by atoms with Gasteiger partial charge in [-0.3, -0.25) is 19.2 Å². The molecule has 2 aliphatic rings. The number of nitrogens with zero attached hydrogens (tertiary/aromatic N) is 2. The van der Waals surface area contributed by atoms with E-state index in [9.17, 15) is 39.8 Å². The Kier molecular flexibility index (Phi) is 4.88. The molecule has 0 unspecified atom stereocenters. The molecule has 0 spiro atoms. The van der Waals surface area contributed by atoms with Crippen molar-refractivity contribution < 1.29 is 44.0 Å². The Morgan fingerprint density at radius 1 is 1.12 bits per heavy atom. The zero-order valence-electron chi connectivity index (χ0n) is 17.6. The lowest BCUT2D eigenvalue weighted by Gasteiger charge is -2.44. The number of aromatic nitrogens is 1. The van der Waals surface area contributed by atoms with E-state index in [1.54, 1.807) is 6.19 Å². The summed E-state index contributed by atoms with van der Waals surface area (Å²) in [7, 11) is 0. The van der Waals surface area contributed by atoms with Gasteiger partial charge in [0.15, 0.2) is 24.2 Å². The molecular weight excluding hydrogens is 436 g/mol. The monoisotopic (exact) mass is 454 g/mol. The summed E-state index contributed by atoms with van der Waals surface area (Å²) >= 11 is 0. The maximum absolute atomic E-state index is 13.4. The first-order chi connectivity index (χ1) is 15.4. The lowest BCUT2D eigenvalue weighted by molar-refractivity contribution is -0.215. The molecule has 0 fully saturated rings. The Labute approximate surface area is 186 Å². The number of aliphatic hydroxyl groups is 2. The normalized spacial score (nSPS) is 25.4. The van der Waals surface area contributed by atoms with Crippen molar-refractivity contribution >= 4 is 23.5 Å². The fourth-order valence-corrected chi connectivity index (χ4v) is 4.54. The van der Waals surface area contributed by atoms with E-state index in [4.69, 9.17) is 9.47 Å². The van der Waals surface area contributed by atoms with Crippen molar-refractivity contribution in [2.24, 2.45) is 0 Å². The minimum Gasteiger partial charge on any atom is -0.507 e. The molecule has 11 heteroatoms. The molecule has 2 aromatic rings. The van der Waals surface area contributed by atoms with Crippen molar-refractivity contribution in [1.29, 1.82) is 5.26 Å². The number of aromatic hydroxyl groups is 1. The van der Waals surface area contributed by atoms with E-state index in [0.717, 1.165) is 20.8 Å². The standard InChI is InChI=1S/C22H18N2O9/c1-8(25)32-20-16-14(19(30)21(22(20,3)31)33-9(2)26)13-15(24(16)7-23)18(29)12-10(17(13)28)5-4-6-11(12)27/h4-6,19-21,27,30-31H,1-3H3/t19-,20+,21-,22-/m1/s1. The van der Waals surface area contributed by atoms with Crippen LogP contribution in [0.15, 0.2) is 18.2 Å². The number of carbonyl (C=O) groups is 4. The topological polar surface area (TPSA) is 176 Å². The zero-order chi connectivity index (χ0) is 24.4. The van der Waals surface area contributed by atoms with Gasteiger partial charge in [0.2, 0.25) is 5.78 Å². The Morgan fingerprint density at radius 2 is 1.76 bits per heavy atom. The van der Waals surface area contributed by atoms with E-state index >= 15 is 0 Å². The fraction of sp³-hybridized carbons (Fsp3) is 0.318. The number of phenols is 1. The van der Waals surface area contributed by atoms with Gasteiger partial charge in [0.05, 0.1) is 16.8 Å². The van der Waals surface area contributed by atoms with Crippen LogP contribution in [0.4, 0.5) is 0 Å². The van der Waals surface area contributed by atoms with Crippen LogP contribution in [0.1, 0.15) is 76.2 Å². The predicted octanol–water partition coefficient (Wildman–Crippen LogP) is 0.632. The fourth-order valence-electron chi connectivity index (χ4n) is 4.54. The van der Waals surface area contributed by atoms with Crippen molar-refractivity contribution in [3.63, 3.8) is 0 Å². The molecule has 0 saturated heterocycles. The lowest BCUT2D eigenvalue weighted by atomic mass is 9.75. The van der Waals surface area contributed by atoms with Crippen molar-refractivity contribution in [1.82, 2.24) is 4.57 Å². The van der Waals surface area contributed by atoms with Gasteiger partial charge in [-0.25, -0.2) is 4.57 Å². The van der Waals surface area contributed by atoms with Crippen molar-refractivity contribution in [2.75, 3.05) is 0 Å². The van der Waals surface area contributed by atoms with Crippen LogP contribution in [0.5, 0.6) is 5.75 Å². The molecule has 0 radical (unpaired) electrons. The van der Waals surface area contributed by atoms with Gasteiger partial charge in [-0.05, 0) is 13.0 Å². The number of hydrogen-bond donors (Lipinski definition) is 3. The molecular formula is C22H18N2O9. The summed E-state index contributed by atoms with van der Waals surface area (Å²) in [5.74, 6) is -3.92. The molecule has 11 nitrogen and oxygen atoms in total. The summed E-state index contributed by atoms with van der Waals surface area (Å²) in [5, 5.41) is 42.4. The molecule has 0 bridgehead atoms. The van der Waals surface area contributed by atoms with Gasteiger partial charge in [-0.1, -0.05) is 12.1 Å². The van der Waals surface area contributed by atoms with Gasteiger partial charge in [-0.2, -0.15) is 5.26 Å². The Morgan fingerprint density at radius 3 is 2.33 bits per heavy atom. The van der Waals surface area contributed by atoms with Crippen molar-refractivity contribution in [3.05, 3.63) is 51.8 Å². The summed E-state index contributed by atoms with van der Waals surface area (Å²) < 4.78 is 11.1. The Bertz CT molecular complexity index is 1300. The second kappa shape index (κ2) is 7.26. The summed E-state index contributed by atoms with van der Waals surface area (Å²) in [6.45, 7) is 3.19. The van der Waals surface area contributed by atoms with Crippen LogP contribution in [0, 0.1) is 11.5 Å². The molecule has 0 amide bonds. The highest BCUT2D eigenvalue weighted by molar-refractivity contribution is 6.29. The number of nitriles is 1. The predicted molar refractivity (Wildman–Crippen MR) is 106 cm³/mol. The number of fused-ring (bicyclic) bond motifs is 4. The second-order valence-electron chi connectivity index (χ2n) is 8.01. The van der Waals surface area contributed by atoms with Crippen LogP contribution < -0.4 is 0 Å². The molecule has 4 rings (SSSR count). The van der Waals surface area contributed by atoms with Gasteiger partial charge in [0.1, 0.15) is 23.1 Å². The molecule has 4 atom stereocenters. The molecule has 170 valence electrons. The zero-order valence-corrected chi connectivity index (χ0v) is 17.6. The molecule has 1 heterocycles. The van der Waals surface area contributed by atoms with E-state index in [1.165, 1.54) is 18.2 Å². The highest BCUT2D eigenvalue weighted by Crippen LogP contribution is 2.51. The van der Waals surface area contributed by atoms with Gasteiger partial charge < -0.3 is 24.8 Å². The molecule has 1 aromatic heterocycles. The smallest absolute Gasteiger partial charge is 0.303 e. The van der Waals surface area contributed by atoms with Gasteiger partial charge in [0.25, 0.3) is 0 Å². The summed E-state index contributed by atoms with van der Waals surface area (Å²) in [6.07, 6.45) is -3.54. The number of hydrogen-bond acceptors (Lipinski definition) is 10. The van der Waals surface area contributed by atoms with E-state index in [-0.39, 0.29) is 27.9 Å². The maximum Gasteiger partial charge on any atom is 0.303 e. The number of ether oxygens (including phenoxy) is 2. The molecule has 1 aromatic carbocycles. The third-order valence-electron chi connectivity index (χ3n) is 5.82. The van der Waals surface area contributed by atoms with E-state index in [2.05, 4.69) is 0 Å². The second-order valence-corrected chi connectivity index (χ2v) is 8.01. The SMILES string of the molecule is CC(=O)O[C@@H]1[C@H](O)c2c3c(n(C#N)c2[C@H](OC(C)=O)[C@@]1(C)O)C(=O)c1c(O)cccc1C3=O. The Balaban J connectivity index is 2.10. The number of rotatable bonds is 2. The van der Waals surface area contributed by atoms with Gasteiger partial charge in [0, 0.05) is 25.0 Å². The summed E-state index contributed by atoms with van der Waals surface area (Å²) in [6, 6.07) is 3.85. The largest absolute Gasteiger partial charge is 0.507 e. The van der Waals surface area contributed by atoms with E-state index < -0.39 is 58.9 Å². The van der Waals surface area contributed by atoms with Crippen LogP contribution in [-0.4, -0.2) is 55.1 Å². The number of carbonyl (C=O) groups excluding carboxylic acids is 4. The first-order valence-electron chi connectivity index (χ1n) is 9.78. The number of ketones is 2. The van der Waals surface area contributed by atoms with Gasteiger partial charge >= 0.3 is 11.9 Å².